The quantitative estimate of drug-likeness (QED) is 0.519. The van der Waals surface area contributed by atoms with Crippen LogP contribution in [0.25, 0.3) is 0 Å². The standard InChI is InChI=1S/C28H28N2O5/c1-3-26(31)30(21-9-5-4-6-10-21)25-17-19(2)29(24-12-8-7-11-23(24)25)28(34)20-13-15-22(16-14-20)35-18-27(32)33/h4-16,19,25H,3,17-18H2,1-2H3,(H,32,33)/t19-,25+/m1/s1. The summed E-state index contributed by atoms with van der Waals surface area (Å²) in [6.07, 6.45) is 0.962. The molecule has 0 aromatic heterocycles. The SMILES string of the molecule is CCC(=O)N(c1ccccc1)[C@H]1C[C@@H](C)N(C(=O)c2ccc(OCC(=O)O)cc2)c2ccccc21. The van der Waals surface area contributed by atoms with E-state index in [0.29, 0.717) is 24.2 Å². The molecule has 0 bridgehead atoms. The van der Waals surface area contributed by atoms with Gasteiger partial charge in [0, 0.05) is 29.4 Å². The fourth-order valence-electron chi connectivity index (χ4n) is 4.57. The molecule has 0 saturated carbocycles. The van der Waals surface area contributed by atoms with E-state index in [-0.39, 0.29) is 23.9 Å². The van der Waals surface area contributed by atoms with E-state index >= 15 is 0 Å². The van der Waals surface area contributed by atoms with Crippen LogP contribution in [0.1, 0.15) is 48.7 Å². The summed E-state index contributed by atoms with van der Waals surface area (Å²) >= 11 is 0. The minimum Gasteiger partial charge on any atom is -0.482 e. The van der Waals surface area contributed by atoms with E-state index < -0.39 is 12.6 Å². The van der Waals surface area contributed by atoms with Crippen LogP contribution in [0.5, 0.6) is 5.75 Å². The number of hydrogen-bond acceptors (Lipinski definition) is 4. The van der Waals surface area contributed by atoms with Crippen molar-refractivity contribution < 1.29 is 24.2 Å². The Hall–Kier alpha value is -4.13. The van der Waals surface area contributed by atoms with Crippen molar-refractivity contribution in [3.05, 3.63) is 90.0 Å². The first-order valence-electron chi connectivity index (χ1n) is 11.6. The molecule has 4 rings (SSSR count). The molecular weight excluding hydrogens is 444 g/mol. The number of benzene rings is 3. The van der Waals surface area contributed by atoms with E-state index in [1.165, 1.54) is 0 Å². The maximum absolute atomic E-state index is 13.6. The fourth-order valence-corrected chi connectivity index (χ4v) is 4.57. The Kier molecular flexibility index (Phi) is 7.15. The summed E-state index contributed by atoms with van der Waals surface area (Å²) in [5.74, 6) is -0.821. The normalized spacial score (nSPS) is 16.8. The lowest BCUT2D eigenvalue weighted by atomic mass is 9.89. The summed E-state index contributed by atoms with van der Waals surface area (Å²) in [6, 6.07) is 23.5. The molecule has 1 heterocycles. The Morgan fingerprint density at radius 3 is 2.29 bits per heavy atom. The van der Waals surface area contributed by atoms with Crippen LogP contribution in [0.4, 0.5) is 11.4 Å². The molecular formula is C28H28N2O5. The number of carbonyl (C=O) groups excluding carboxylic acids is 2. The van der Waals surface area contributed by atoms with E-state index in [2.05, 4.69) is 0 Å². The predicted molar refractivity (Wildman–Crippen MR) is 134 cm³/mol. The van der Waals surface area contributed by atoms with Gasteiger partial charge >= 0.3 is 5.97 Å². The molecule has 7 nitrogen and oxygen atoms in total. The van der Waals surface area contributed by atoms with Crippen molar-refractivity contribution in [1.82, 2.24) is 0 Å². The van der Waals surface area contributed by atoms with Gasteiger partial charge in [0.2, 0.25) is 5.91 Å². The van der Waals surface area contributed by atoms with Gasteiger partial charge in [-0.05, 0) is 61.4 Å². The highest BCUT2D eigenvalue weighted by atomic mass is 16.5. The Morgan fingerprint density at radius 1 is 0.971 bits per heavy atom. The second-order valence-corrected chi connectivity index (χ2v) is 8.49. The maximum Gasteiger partial charge on any atom is 0.341 e. The molecule has 0 aliphatic carbocycles. The number of aliphatic carboxylic acids is 1. The lowest BCUT2D eigenvalue weighted by Gasteiger charge is -2.43. The van der Waals surface area contributed by atoms with E-state index in [1.54, 1.807) is 29.2 Å². The van der Waals surface area contributed by atoms with Crippen LogP contribution >= 0.6 is 0 Å². The first-order chi connectivity index (χ1) is 16.9. The zero-order valence-corrected chi connectivity index (χ0v) is 19.8. The van der Waals surface area contributed by atoms with E-state index in [1.807, 2.05) is 73.3 Å². The molecule has 1 aliphatic heterocycles. The van der Waals surface area contributed by atoms with E-state index in [0.717, 1.165) is 16.9 Å². The lowest BCUT2D eigenvalue weighted by Crippen LogP contribution is -2.47. The highest BCUT2D eigenvalue weighted by Crippen LogP contribution is 2.43. The fraction of sp³-hybridized carbons (Fsp3) is 0.250. The number of amides is 2. The second kappa shape index (κ2) is 10.4. The van der Waals surface area contributed by atoms with Crippen LogP contribution in [0.2, 0.25) is 0 Å². The van der Waals surface area contributed by atoms with Crippen molar-refractivity contribution in [3.63, 3.8) is 0 Å². The monoisotopic (exact) mass is 472 g/mol. The van der Waals surface area contributed by atoms with Gasteiger partial charge in [0.25, 0.3) is 5.91 Å². The van der Waals surface area contributed by atoms with Crippen molar-refractivity contribution in [2.45, 2.75) is 38.8 Å². The van der Waals surface area contributed by atoms with Gasteiger partial charge < -0.3 is 19.6 Å². The van der Waals surface area contributed by atoms with Gasteiger partial charge in [-0.15, -0.1) is 0 Å². The second-order valence-electron chi connectivity index (χ2n) is 8.49. The van der Waals surface area contributed by atoms with Crippen molar-refractivity contribution in [1.29, 1.82) is 0 Å². The zero-order chi connectivity index (χ0) is 24.9. The van der Waals surface area contributed by atoms with Gasteiger partial charge in [-0.3, -0.25) is 9.59 Å². The molecule has 1 aliphatic rings. The molecule has 0 spiro atoms. The van der Waals surface area contributed by atoms with Crippen molar-refractivity contribution in [2.75, 3.05) is 16.4 Å². The number of para-hydroxylation sites is 2. The first kappa shape index (κ1) is 24.0. The van der Waals surface area contributed by atoms with E-state index in [9.17, 15) is 14.4 Å². The minimum absolute atomic E-state index is 0.0277. The van der Waals surface area contributed by atoms with Crippen LogP contribution in [-0.4, -0.2) is 35.5 Å². The molecule has 1 N–H and O–H groups in total. The number of carboxylic acids is 1. The van der Waals surface area contributed by atoms with Crippen molar-refractivity contribution >= 4 is 29.2 Å². The summed E-state index contributed by atoms with van der Waals surface area (Å²) in [5.41, 5.74) is 3.00. The molecule has 0 saturated heterocycles. The Morgan fingerprint density at radius 2 is 1.63 bits per heavy atom. The Balaban J connectivity index is 1.68. The summed E-state index contributed by atoms with van der Waals surface area (Å²) in [7, 11) is 0. The van der Waals surface area contributed by atoms with Crippen LogP contribution in [0, 0.1) is 0 Å². The molecule has 35 heavy (non-hydrogen) atoms. The number of carbonyl (C=O) groups is 3. The topological polar surface area (TPSA) is 87.2 Å². The maximum atomic E-state index is 13.6. The number of fused-ring (bicyclic) bond motifs is 1. The summed E-state index contributed by atoms with van der Waals surface area (Å²) in [6.45, 7) is 3.40. The smallest absolute Gasteiger partial charge is 0.341 e. The molecule has 0 radical (unpaired) electrons. The average Bonchev–Trinajstić information content (AvgIpc) is 2.88. The van der Waals surface area contributed by atoms with Crippen LogP contribution in [-0.2, 0) is 9.59 Å². The minimum atomic E-state index is -1.07. The highest BCUT2D eigenvalue weighted by Gasteiger charge is 2.38. The molecule has 2 atom stereocenters. The number of carboxylic acid groups (broad SMARTS) is 1. The number of hydrogen-bond donors (Lipinski definition) is 1. The number of anilines is 2. The molecule has 180 valence electrons. The van der Waals surface area contributed by atoms with Crippen LogP contribution < -0.4 is 14.5 Å². The number of ether oxygens (including phenoxy) is 1. The first-order valence-corrected chi connectivity index (χ1v) is 11.6. The lowest BCUT2D eigenvalue weighted by molar-refractivity contribution is -0.139. The molecule has 3 aromatic rings. The third kappa shape index (κ3) is 5.04. The Bertz CT molecular complexity index is 1210. The predicted octanol–water partition coefficient (Wildman–Crippen LogP) is 5.07. The van der Waals surface area contributed by atoms with Crippen molar-refractivity contribution in [2.24, 2.45) is 0 Å². The van der Waals surface area contributed by atoms with Gasteiger partial charge in [0.15, 0.2) is 6.61 Å². The highest BCUT2D eigenvalue weighted by molar-refractivity contribution is 6.07. The molecule has 0 unspecified atom stereocenters. The third-order valence-corrected chi connectivity index (χ3v) is 6.16. The molecule has 0 fully saturated rings. The van der Waals surface area contributed by atoms with Gasteiger partial charge in [0.05, 0.1) is 6.04 Å². The summed E-state index contributed by atoms with van der Waals surface area (Å²) < 4.78 is 5.18. The molecule has 7 heteroatoms. The molecule has 2 amide bonds. The Labute approximate surface area is 204 Å². The van der Waals surface area contributed by atoms with Crippen LogP contribution in [0.3, 0.4) is 0 Å². The van der Waals surface area contributed by atoms with Crippen LogP contribution in [0.15, 0.2) is 78.9 Å². The van der Waals surface area contributed by atoms with Crippen molar-refractivity contribution in [3.8, 4) is 5.75 Å². The number of rotatable bonds is 7. The van der Waals surface area contributed by atoms with Gasteiger partial charge in [-0.2, -0.15) is 0 Å². The van der Waals surface area contributed by atoms with E-state index in [4.69, 9.17) is 9.84 Å². The summed E-state index contributed by atoms with van der Waals surface area (Å²) in [5, 5.41) is 8.78. The van der Waals surface area contributed by atoms with Gasteiger partial charge in [-0.1, -0.05) is 43.3 Å². The molecule has 3 aromatic carbocycles. The van der Waals surface area contributed by atoms with Gasteiger partial charge in [-0.25, -0.2) is 4.79 Å². The number of nitrogens with zero attached hydrogens (tertiary/aromatic N) is 2. The summed E-state index contributed by atoms with van der Waals surface area (Å²) in [4.78, 5) is 41.0. The zero-order valence-electron chi connectivity index (χ0n) is 19.8. The largest absolute Gasteiger partial charge is 0.482 e. The third-order valence-electron chi connectivity index (χ3n) is 6.16. The average molecular weight is 473 g/mol. The van der Waals surface area contributed by atoms with Gasteiger partial charge in [0.1, 0.15) is 5.75 Å².